The molecule has 0 amide bonds. The molecule has 0 bridgehead atoms. The topological polar surface area (TPSA) is 34.1 Å². The summed E-state index contributed by atoms with van der Waals surface area (Å²) >= 11 is 0. The van der Waals surface area contributed by atoms with Crippen molar-refractivity contribution in [2.75, 3.05) is 0 Å². The van der Waals surface area contributed by atoms with Gasteiger partial charge in [-0.15, -0.1) is 0 Å². The van der Waals surface area contributed by atoms with Crippen molar-refractivity contribution in [2.24, 2.45) is 0 Å². The van der Waals surface area contributed by atoms with Crippen molar-refractivity contribution in [3.8, 4) is 0 Å². The molecule has 0 saturated heterocycles. The van der Waals surface area contributed by atoms with E-state index in [-0.39, 0.29) is 51.4 Å². The molecule has 0 N–H and O–H groups in total. The molecule has 2 nitrogen and oxygen atoms in total. The summed E-state index contributed by atoms with van der Waals surface area (Å²) in [6.45, 7) is 0.934. The Labute approximate surface area is 104 Å². The van der Waals surface area contributed by atoms with Gasteiger partial charge in [0.15, 0.2) is 0 Å². The minimum atomic E-state index is -4.87. The van der Waals surface area contributed by atoms with E-state index in [1.165, 1.54) is 0 Å². The van der Waals surface area contributed by atoms with Gasteiger partial charge in [-0.2, -0.15) is 13.2 Å². The van der Waals surface area contributed by atoms with Gasteiger partial charge in [0.1, 0.15) is 5.78 Å². The number of halogens is 3. The summed E-state index contributed by atoms with van der Waals surface area (Å²) in [4.78, 5) is 19.9. The van der Waals surface area contributed by atoms with Crippen LogP contribution in [0.2, 0.25) is 0 Å². The Morgan fingerprint density at radius 2 is 1.64 bits per heavy atom. The van der Waals surface area contributed by atoms with E-state index in [1.54, 1.807) is 0 Å². The molecule has 0 atom stereocenters. The number of carbonyl (C=O) groups excluding carboxylic acids is 2. The minimum absolute atomic E-state index is 0. The van der Waals surface area contributed by atoms with Gasteiger partial charge in [-0.3, -0.25) is 9.59 Å². The first kappa shape index (κ1) is 14.3. The standard InChI is InChI=1S/C5H5F3O2.K.H/c1-3(9)2-4(10)5(6,7)8;;/h2H2,1H3;;. The summed E-state index contributed by atoms with van der Waals surface area (Å²) in [6, 6.07) is 0. The Balaban J connectivity index is 0. The summed E-state index contributed by atoms with van der Waals surface area (Å²) < 4.78 is 33.9. The van der Waals surface area contributed by atoms with Gasteiger partial charge in [-0.05, 0) is 6.92 Å². The third-order valence-electron chi connectivity index (χ3n) is 0.726. The van der Waals surface area contributed by atoms with Gasteiger partial charge in [-0.1, -0.05) is 0 Å². The first-order valence-corrected chi connectivity index (χ1v) is 2.43. The number of rotatable bonds is 2. The molecule has 0 rings (SSSR count). The quantitative estimate of drug-likeness (QED) is 0.472. The molecule has 0 aromatic heterocycles. The van der Waals surface area contributed by atoms with Crippen molar-refractivity contribution in [3.63, 3.8) is 0 Å². The van der Waals surface area contributed by atoms with Crippen LogP contribution in [0.3, 0.4) is 0 Å². The Hall–Kier alpha value is 0.766. The third-order valence-corrected chi connectivity index (χ3v) is 0.726. The molecule has 0 unspecified atom stereocenters. The second kappa shape index (κ2) is 5.42. The fourth-order valence-corrected chi connectivity index (χ4v) is 0.326. The number of alkyl halides is 3. The van der Waals surface area contributed by atoms with Crippen molar-refractivity contribution >= 4 is 63.0 Å². The molecule has 0 aliphatic heterocycles. The van der Waals surface area contributed by atoms with Crippen LogP contribution in [0.1, 0.15) is 13.3 Å². The van der Waals surface area contributed by atoms with Crippen molar-refractivity contribution < 1.29 is 22.8 Å². The van der Waals surface area contributed by atoms with E-state index in [1.807, 2.05) is 0 Å². The third kappa shape index (κ3) is 7.14. The van der Waals surface area contributed by atoms with Crippen molar-refractivity contribution in [1.82, 2.24) is 0 Å². The van der Waals surface area contributed by atoms with Crippen LogP contribution in [0, 0.1) is 0 Å². The number of Topliss-reactive ketones (excluding diaryl/α,β-unsaturated/α-hetero) is 2. The van der Waals surface area contributed by atoms with E-state index in [2.05, 4.69) is 0 Å². The SMILES string of the molecule is CC(=O)CC(=O)C(F)(F)F.[KH]. The van der Waals surface area contributed by atoms with Crippen LogP contribution in [-0.2, 0) is 9.59 Å². The zero-order valence-electron chi connectivity index (χ0n) is 5.16. The number of ketones is 2. The molecule has 0 aromatic rings. The van der Waals surface area contributed by atoms with Gasteiger partial charge in [0.05, 0.1) is 6.42 Å². The predicted octanol–water partition coefficient (Wildman–Crippen LogP) is 0.448. The molecule has 60 valence electrons. The fraction of sp³-hybridized carbons (Fsp3) is 0.600. The molecular weight excluding hydrogens is 188 g/mol. The van der Waals surface area contributed by atoms with Gasteiger partial charge >= 0.3 is 57.6 Å². The molecule has 0 fully saturated rings. The number of hydrogen-bond donors (Lipinski definition) is 0. The van der Waals surface area contributed by atoms with Crippen LogP contribution in [0.4, 0.5) is 13.2 Å². The summed E-state index contributed by atoms with van der Waals surface area (Å²) in [5.41, 5.74) is 0. The first-order chi connectivity index (χ1) is 4.34. The van der Waals surface area contributed by atoms with Crippen LogP contribution in [0.15, 0.2) is 0 Å². The predicted molar refractivity (Wildman–Crippen MR) is 33.5 cm³/mol. The van der Waals surface area contributed by atoms with Crippen molar-refractivity contribution in [3.05, 3.63) is 0 Å². The average Bonchev–Trinajstić information content (AvgIpc) is 1.60. The van der Waals surface area contributed by atoms with Gasteiger partial charge in [0.2, 0.25) is 5.78 Å². The maximum atomic E-state index is 11.3. The van der Waals surface area contributed by atoms with Gasteiger partial charge in [-0.25, -0.2) is 0 Å². The van der Waals surface area contributed by atoms with Crippen LogP contribution in [0.25, 0.3) is 0 Å². The summed E-state index contributed by atoms with van der Waals surface area (Å²) in [6.07, 6.45) is -5.92. The van der Waals surface area contributed by atoms with Gasteiger partial charge in [0, 0.05) is 0 Å². The van der Waals surface area contributed by atoms with E-state index in [9.17, 15) is 22.8 Å². The number of hydrogen-bond acceptors (Lipinski definition) is 2. The van der Waals surface area contributed by atoms with Crippen LogP contribution < -0.4 is 0 Å². The van der Waals surface area contributed by atoms with Gasteiger partial charge in [0.25, 0.3) is 0 Å². The molecule has 0 radical (unpaired) electrons. The maximum absolute atomic E-state index is 11.3. The zero-order chi connectivity index (χ0) is 8.36. The van der Waals surface area contributed by atoms with E-state index in [4.69, 9.17) is 0 Å². The van der Waals surface area contributed by atoms with Crippen LogP contribution in [0.5, 0.6) is 0 Å². The fourth-order valence-electron chi connectivity index (χ4n) is 0.326. The van der Waals surface area contributed by atoms with Crippen molar-refractivity contribution in [1.29, 1.82) is 0 Å². The second-order valence-corrected chi connectivity index (χ2v) is 1.80. The second-order valence-electron chi connectivity index (χ2n) is 1.80. The summed E-state index contributed by atoms with van der Waals surface area (Å²) in [5, 5.41) is 0. The van der Waals surface area contributed by atoms with Crippen LogP contribution >= 0.6 is 0 Å². The monoisotopic (exact) mass is 194 g/mol. The molecule has 0 spiro atoms. The normalized spacial score (nSPS) is 10.2. The first-order valence-electron chi connectivity index (χ1n) is 2.43. The van der Waals surface area contributed by atoms with Gasteiger partial charge < -0.3 is 0 Å². The molecule has 11 heavy (non-hydrogen) atoms. The Morgan fingerprint density at radius 1 is 1.27 bits per heavy atom. The van der Waals surface area contributed by atoms with Crippen molar-refractivity contribution in [2.45, 2.75) is 19.5 Å². The summed E-state index contributed by atoms with van der Waals surface area (Å²) in [5.74, 6) is -2.76. The molecular formula is C5H6F3KO2. The molecule has 0 saturated carbocycles. The molecule has 0 aliphatic rings. The van der Waals surface area contributed by atoms with E-state index in [0.29, 0.717) is 0 Å². The van der Waals surface area contributed by atoms with E-state index < -0.39 is 24.2 Å². The molecule has 0 heterocycles. The van der Waals surface area contributed by atoms with E-state index in [0.717, 1.165) is 6.92 Å². The Morgan fingerprint density at radius 3 is 1.73 bits per heavy atom. The number of carbonyl (C=O) groups is 2. The Kier molecular flexibility index (Phi) is 7.04. The van der Waals surface area contributed by atoms with Crippen LogP contribution in [-0.4, -0.2) is 69.1 Å². The summed E-state index contributed by atoms with van der Waals surface area (Å²) in [7, 11) is 0. The zero-order valence-corrected chi connectivity index (χ0v) is 5.16. The average molecular weight is 194 g/mol. The Bertz CT molecular complexity index is 164. The molecule has 6 heteroatoms. The molecule has 0 aromatic carbocycles. The van der Waals surface area contributed by atoms with E-state index >= 15 is 0 Å². The molecule has 0 aliphatic carbocycles.